The average Bonchev–Trinajstić information content (AvgIpc) is 0.938. The number of hydrogen-bond donors (Lipinski definition) is 12. The van der Waals surface area contributed by atoms with Crippen molar-refractivity contribution in [1.82, 2.24) is 62.8 Å². The van der Waals surface area contributed by atoms with E-state index in [2.05, 4.69) is 80.2 Å². The zero-order valence-electron chi connectivity index (χ0n) is 66.3. The smallest absolute Gasteiger partial charge is 0.333 e. The Hall–Kier alpha value is -17.9. The van der Waals surface area contributed by atoms with E-state index in [-0.39, 0.29) is 71.6 Å². The number of imide groups is 4. The minimum atomic E-state index is -3.57. The molecule has 129 heavy (non-hydrogen) atoms. The maximum atomic E-state index is 14.2. The van der Waals surface area contributed by atoms with Crippen LogP contribution in [0.4, 0.5) is 0 Å². The molecule has 4 aliphatic rings. The first-order valence-electron chi connectivity index (χ1n) is 36.4. The molecule has 0 spiro atoms. The van der Waals surface area contributed by atoms with Crippen LogP contribution in [0.15, 0.2) is 40.9 Å². The van der Waals surface area contributed by atoms with Crippen molar-refractivity contribution in [2.24, 2.45) is 40.9 Å². The number of nitrogens with zero attached hydrogens (tertiary/aromatic N) is 29. The summed E-state index contributed by atoms with van der Waals surface area (Å²) in [5, 5.41) is 84.4. The van der Waals surface area contributed by atoms with Crippen molar-refractivity contribution < 1.29 is 155 Å². The summed E-state index contributed by atoms with van der Waals surface area (Å²) in [6, 6.07) is -15.0. The Bertz CT molecular complexity index is 4260. The van der Waals surface area contributed by atoms with Crippen LogP contribution in [0.5, 0.6) is 0 Å². The van der Waals surface area contributed by atoms with Gasteiger partial charge in [-0.2, -0.15) is 5.26 Å². The highest BCUT2D eigenvalue weighted by Gasteiger charge is 2.47. The standard InChI is InChI=1S/C37H40N20O20.C21H28N16O12.C2H3N/c38-50-46-17(1-13-29(66)74-54-21(58)5-6-22(54)59)33(70)42-37(43-34(71)18(47-51-39)2-14-30(67)75-55-23(60)7-8-24(55)61,44-35(72)19(48-52-40)3-15-31(68)76-56-25(62)9-10-26(56)63)45-36(73)20(49-53-41)4-16-32(69)77-57-27(64)11-12-28(57)65;22-34-30-9(1-5-13(38)39)17(46)26-21(27-18(47)10(31-35-23)2-6-14(40)41,28-19(48)11(32-36-24)3-7-15(42)43)29-20(49)12(33-37-25)4-8-16(44)45;1-2-3/h17-20H,1-16H2,(H,42,70)(H,43,71)(H,44,72)(H,45,73);9-12H,1-8H2,(H,26,46)(H,27,47)(H,28,48)(H,29,49)(H,38,39)(H,40,41)(H,42,43)(H,44,45);1H3/t17-,18-,19-,20-;9-,10-,11-,12-;/m00./s1. The molecule has 4 aliphatic heterocycles. The van der Waals surface area contributed by atoms with Gasteiger partial charge in [0.2, 0.25) is 47.3 Å². The highest BCUT2D eigenvalue weighted by atomic mass is 16.7. The number of carbonyl (C=O) groups is 24. The number of hydroxylamine groups is 8. The summed E-state index contributed by atoms with van der Waals surface area (Å²) in [5.41, 5.74) is 73.4. The van der Waals surface area contributed by atoms with Gasteiger partial charge >= 0.3 is 47.8 Å². The third-order valence-electron chi connectivity index (χ3n) is 16.2. The van der Waals surface area contributed by atoms with E-state index < -0.39 is 305 Å². The third-order valence-corrected chi connectivity index (χ3v) is 16.2. The molecule has 12 N–H and O–H groups in total. The van der Waals surface area contributed by atoms with Crippen LogP contribution in [0.1, 0.15) is 161 Å². The van der Waals surface area contributed by atoms with Gasteiger partial charge in [-0.05, 0) is 95.6 Å². The molecular weight excluding hydrogens is 1750 g/mol. The number of aliphatic carboxylic acids is 4. The molecule has 0 aromatic heterocycles. The quantitative estimate of drug-likeness (QED) is 0.0115. The van der Waals surface area contributed by atoms with Crippen molar-refractivity contribution >= 4 is 142 Å². The van der Waals surface area contributed by atoms with Gasteiger partial charge in [-0.3, -0.25) is 138 Å². The summed E-state index contributed by atoms with van der Waals surface area (Å²) in [7, 11) is 0. The predicted octanol–water partition coefficient (Wildman–Crippen LogP) is -0.905. The summed E-state index contributed by atoms with van der Waals surface area (Å²) in [5.74, 6) is -38.7. The number of nitrogens with one attached hydrogen (secondary N) is 8. The number of amides is 16. The Kier molecular flexibility index (Phi) is 45.2. The van der Waals surface area contributed by atoms with Gasteiger partial charge in [-0.1, -0.05) is 40.9 Å². The number of carbonyl (C=O) groups excluding carboxylic acids is 20. The number of azide groups is 8. The Morgan fingerprint density at radius 1 is 0.295 bits per heavy atom. The van der Waals surface area contributed by atoms with E-state index in [1.54, 1.807) is 6.07 Å². The van der Waals surface area contributed by atoms with E-state index in [0.717, 1.165) is 0 Å². The van der Waals surface area contributed by atoms with Crippen molar-refractivity contribution in [3.63, 3.8) is 0 Å². The summed E-state index contributed by atoms with van der Waals surface area (Å²) in [4.78, 5) is 340. The van der Waals surface area contributed by atoms with Gasteiger partial charge in [0, 0.05) is 149 Å². The molecule has 8 atom stereocenters. The van der Waals surface area contributed by atoms with Crippen molar-refractivity contribution in [3.8, 4) is 6.07 Å². The van der Waals surface area contributed by atoms with E-state index in [9.17, 15) is 137 Å². The van der Waals surface area contributed by atoms with E-state index in [1.165, 1.54) is 6.92 Å². The molecule has 69 nitrogen and oxygen atoms in total. The lowest BCUT2D eigenvalue weighted by atomic mass is 10.1. The second-order valence-corrected chi connectivity index (χ2v) is 25.5. The monoisotopic (exact) mass is 1820 g/mol. The molecule has 0 aromatic carbocycles. The highest BCUT2D eigenvalue weighted by Crippen LogP contribution is 2.22. The molecule has 0 saturated carbocycles. The largest absolute Gasteiger partial charge is 0.481 e. The lowest BCUT2D eigenvalue weighted by Crippen LogP contribution is -2.80. The topological polar surface area (TPSA) is 1050 Å². The first-order chi connectivity index (χ1) is 61.0. The van der Waals surface area contributed by atoms with Crippen molar-refractivity contribution in [2.75, 3.05) is 0 Å². The van der Waals surface area contributed by atoms with Crippen molar-refractivity contribution in [3.05, 3.63) is 83.5 Å². The summed E-state index contributed by atoms with van der Waals surface area (Å²) < 4.78 is 0. The lowest BCUT2D eigenvalue weighted by Gasteiger charge is -2.39. The van der Waals surface area contributed by atoms with Crippen LogP contribution in [-0.4, -0.2) is 243 Å². The first kappa shape index (κ1) is 107. The zero-order chi connectivity index (χ0) is 97.3. The maximum Gasteiger partial charge on any atom is 0.333 e. The van der Waals surface area contributed by atoms with Crippen LogP contribution < -0.4 is 42.5 Å². The molecular formula is C60H71N37O32. The Morgan fingerprint density at radius 3 is 0.519 bits per heavy atom. The number of carboxylic acids is 4. The van der Waals surface area contributed by atoms with Crippen LogP contribution in [0.2, 0.25) is 0 Å². The molecule has 0 bridgehead atoms. The van der Waals surface area contributed by atoms with Gasteiger partial charge in [0.05, 0.1) is 6.07 Å². The molecule has 0 aromatic rings. The maximum absolute atomic E-state index is 14.2. The Labute approximate surface area is 714 Å². The van der Waals surface area contributed by atoms with Gasteiger partial charge in [-0.15, -0.1) is 20.3 Å². The number of nitriles is 1. The lowest BCUT2D eigenvalue weighted by molar-refractivity contribution is -0.197. The average molecular weight is 1820 g/mol. The molecule has 4 saturated heterocycles. The highest BCUT2D eigenvalue weighted by molar-refractivity contribution is 6.04. The van der Waals surface area contributed by atoms with Crippen LogP contribution in [0.25, 0.3) is 83.5 Å². The molecule has 4 fully saturated rings. The summed E-state index contributed by atoms with van der Waals surface area (Å²) in [6.07, 6.45) is -16.3. The molecule has 4 heterocycles. The molecule has 0 radical (unpaired) electrons. The second kappa shape index (κ2) is 54.4. The summed E-state index contributed by atoms with van der Waals surface area (Å²) in [6.45, 7) is 1.43. The van der Waals surface area contributed by atoms with Crippen LogP contribution in [0.3, 0.4) is 0 Å². The van der Waals surface area contributed by atoms with Crippen molar-refractivity contribution in [1.29, 1.82) is 5.26 Å². The number of hydrogen-bond acceptors (Lipinski definition) is 37. The molecule has 0 unspecified atom stereocenters. The molecule has 69 heteroatoms. The van der Waals surface area contributed by atoms with Crippen LogP contribution >= 0.6 is 0 Å². The van der Waals surface area contributed by atoms with Gasteiger partial charge in [-0.25, -0.2) is 19.2 Å². The molecule has 0 aliphatic carbocycles. The fourth-order valence-electron chi connectivity index (χ4n) is 10.2. The number of rotatable bonds is 52. The Morgan fingerprint density at radius 2 is 0.411 bits per heavy atom. The second-order valence-electron chi connectivity index (χ2n) is 25.5. The minimum absolute atomic E-state index is 0.123. The van der Waals surface area contributed by atoms with Crippen molar-refractivity contribution in [2.45, 2.75) is 221 Å². The fraction of sp³-hybridized carbons (Fsp3) is 0.583. The fourth-order valence-corrected chi connectivity index (χ4v) is 10.2. The van der Waals surface area contributed by atoms with Gasteiger partial charge < -0.3 is 39.8 Å². The Balaban J connectivity index is 0.000000934. The predicted molar refractivity (Wildman–Crippen MR) is 398 cm³/mol. The summed E-state index contributed by atoms with van der Waals surface area (Å²) >= 11 is 0. The zero-order valence-corrected chi connectivity index (χ0v) is 66.3. The van der Waals surface area contributed by atoms with Gasteiger partial charge in [0.1, 0.15) is 48.3 Å². The van der Waals surface area contributed by atoms with E-state index in [1.807, 2.05) is 42.5 Å². The molecule has 4 rings (SSSR count). The molecule has 688 valence electrons. The molecule has 16 amide bonds. The van der Waals surface area contributed by atoms with Crippen LogP contribution in [-0.2, 0) is 134 Å². The van der Waals surface area contributed by atoms with Crippen LogP contribution in [0, 0.1) is 11.3 Å². The van der Waals surface area contributed by atoms with Gasteiger partial charge in [0.25, 0.3) is 59.1 Å². The third kappa shape index (κ3) is 37.1. The SMILES string of the molecule is CC#N.[N-]=[N+]=N[C@@H](CCC(=O)O)C(=O)NC(NC(=O)[C@H](CCC(=O)O)N=[N+]=[N-])(NC(=O)[C@H](CCC(=O)O)N=[N+]=[N-])NC(=O)[C@H](CCC(=O)O)N=[N+]=[N-].[N-]=[N+]=N[C@@H](CCC(=O)ON1C(=O)CCC1=O)C(=O)NC(NC(=O)[C@H](CCC(=O)ON1C(=O)CCC1=O)N=[N+]=[N-])(NC(=O)[C@H](CCC(=O)ON1C(=O)CCC1=O)N=[N+]=[N-])NC(=O)[C@H](CCC(=O)ON1C(=O)CCC1=O)N=[N+]=[N-]. The van der Waals surface area contributed by atoms with Gasteiger partial charge in [0.15, 0.2) is 0 Å². The van der Waals surface area contributed by atoms with E-state index >= 15 is 0 Å². The first-order valence-corrected chi connectivity index (χ1v) is 36.4. The van der Waals surface area contributed by atoms with E-state index in [0.29, 0.717) is 0 Å². The number of carboxylic acid groups (broad SMARTS) is 4. The normalized spacial score (nSPS) is 15.5. The van der Waals surface area contributed by atoms with E-state index in [4.69, 9.17) is 67.2 Å². The minimum Gasteiger partial charge on any atom is -0.481 e.